The zero-order valence-electron chi connectivity index (χ0n) is 11.1. The second-order valence-electron chi connectivity index (χ2n) is 4.49. The highest BCUT2D eigenvalue weighted by molar-refractivity contribution is 9.10. The van der Waals surface area contributed by atoms with E-state index in [-0.39, 0.29) is 5.82 Å². The summed E-state index contributed by atoms with van der Waals surface area (Å²) in [5.74, 6) is -0.325. The van der Waals surface area contributed by atoms with Crippen molar-refractivity contribution in [1.82, 2.24) is 4.57 Å². The lowest BCUT2D eigenvalue weighted by Gasteiger charge is -2.06. The van der Waals surface area contributed by atoms with E-state index in [4.69, 9.17) is 0 Å². The number of aliphatic imine (C=N–C) groups is 1. The average Bonchev–Trinajstić information content (AvgIpc) is 2.95. The Hall–Kier alpha value is -2.20. The summed E-state index contributed by atoms with van der Waals surface area (Å²) in [7, 11) is 0. The highest BCUT2D eigenvalue weighted by Gasteiger charge is 2.02. The van der Waals surface area contributed by atoms with E-state index in [1.165, 1.54) is 6.07 Å². The van der Waals surface area contributed by atoms with Crippen LogP contribution in [0.2, 0.25) is 0 Å². The number of para-hydroxylation sites is 1. The average molecular weight is 343 g/mol. The first kappa shape index (κ1) is 13.8. The van der Waals surface area contributed by atoms with Gasteiger partial charge in [-0.2, -0.15) is 0 Å². The van der Waals surface area contributed by atoms with E-state index in [0.29, 0.717) is 5.69 Å². The zero-order valence-corrected chi connectivity index (χ0v) is 12.7. The minimum atomic E-state index is -0.325. The van der Waals surface area contributed by atoms with E-state index >= 15 is 0 Å². The molecular formula is C17H12BrFN2. The summed E-state index contributed by atoms with van der Waals surface area (Å²) >= 11 is 3.46. The monoisotopic (exact) mass is 342 g/mol. The summed E-state index contributed by atoms with van der Waals surface area (Å²) in [5, 5.41) is 0. The van der Waals surface area contributed by atoms with E-state index in [2.05, 4.69) is 20.9 Å². The van der Waals surface area contributed by atoms with E-state index in [0.717, 1.165) is 15.9 Å². The zero-order chi connectivity index (χ0) is 14.7. The second kappa shape index (κ2) is 6.06. The predicted octanol–water partition coefficient (Wildman–Crippen LogP) is 5.13. The van der Waals surface area contributed by atoms with E-state index < -0.39 is 0 Å². The van der Waals surface area contributed by atoms with Gasteiger partial charge in [0.05, 0.1) is 17.6 Å². The van der Waals surface area contributed by atoms with Gasteiger partial charge in [-0.25, -0.2) is 4.39 Å². The van der Waals surface area contributed by atoms with Crippen molar-refractivity contribution in [1.29, 1.82) is 0 Å². The molecule has 0 aliphatic rings. The molecule has 4 heteroatoms. The molecule has 0 aliphatic carbocycles. The van der Waals surface area contributed by atoms with Crippen LogP contribution in [0.3, 0.4) is 0 Å². The fourth-order valence-electron chi connectivity index (χ4n) is 2.05. The van der Waals surface area contributed by atoms with Gasteiger partial charge in [-0.3, -0.25) is 4.99 Å². The first-order valence-electron chi connectivity index (χ1n) is 6.46. The number of nitrogens with zero attached hydrogens (tertiary/aromatic N) is 2. The van der Waals surface area contributed by atoms with Gasteiger partial charge in [-0.15, -0.1) is 0 Å². The van der Waals surface area contributed by atoms with Gasteiger partial charge in [0.2, 0.25) is 0 Å². The van der Waals surface area contributed by atoms with Crippen LogP contribution in [0, 0.1) is 5.82 Å². The molecule has 3 aromatic rings. The maximum Gasteiger partial charge on any atom is 0.148 e. The fraction of sp³-hybridized carbons (Fsp3) is 0. The lowest BCUT2D eigenvalue weighted by atomic mass is 10.3. The molecule has 0 saturated heterocycles. The number of hydrogen-bond acceptors (Lipinski definition) is 1. The van der Waals surface area contributed by atoms with E-state index in [1.54, 1.807) is 24.4 Å². The Morgan fingerprint density at radius 3 is 2.67 bits per heavy atom. The molecule has 0 amide bonds. The van der Waals surface area contributed by atoms with Gasteiger partial charge in [-0.05, 0) is 42.5 Å². The quantitative estimate of drug-likeness (QED) is 0.587. The van der Waals surface area contributed by atoms with Gasteiger partial charge in [0.1, 0.15) is 5.82 Å². The maximum atomic E-state index is 13.6. The molecule has 0 aliphatic heterocycles. The first-order chi connectivity index (χ1) is 10.2. The van der Waals surface area contributed by atoms with Crippen LogP contribution in [0.5, 0.6) is 0 Å². The van der Waals surface area contributed by atoms with Crippen molar-refractivity contribution >= 4 is 27.8 Å². The minimum Gasteiger partial charge on any atom is -0.316 e. The van der Waals surface area contributed by atoms with Crippen molar-refractivity contribution in [3.8, 4) is 5.69 Å². The number of rotatable bonds is 3. The molecule has 104 valence electrons. The molecular weight excluding hydrogens is 331 g/mol. The van der Waals surface area contributed by atoms with Crippen molar-refractivity contribution in [2.24, 2.45) is 4.99 Å². The number of aromatic nitrogens is 1. The van der Waals surface area contributed by atoms with Crippen molar-refractivity contribution in [3.05, 3.63) is 82.8 Å². The Bertz CT molecular complexity index is 793. The fourth-order valence-corrected chi connectivity index (χ4v) is 2.44. The summed E-state index contributed by atoms with van der Waals surface area (Å²) in [6.07, 6.45) is 3.61. The third-order valence-corrected chi connectivity index (χ3v) is 3.55. The summed E-state index contributed by atoms with van der Waals surface area (Å²) in [5.41, 5.74) is 2.24. The highest BCUT2D eigenvalue weighted by Crippen LogP contribution is 2.19. The summed E-state index contributed by atoms with van der Waals surface area (Å²) in [4.78, 5) is 4.22. The minimum absolute atomic E-state index is 0.325. The lowest BCUT2D eigenvalue weighted by molar-refractivity contribution is 0.630. The number of benzene rings is 2. The Morgan fingerprint density at radius 1 is 1.00 bits per heavy atom. The van der Waals surface area contributed by atoms with E-state index in [1.807, 2.05) is 47.2 Å². The number of hydrogen-bond donors (Lipinski definition) is 0. The predicted molar refractivity (Wildman–Crippen MR) is 87.1 cm³/mol. The van der Waals surface area contributed by atoms with Crippen LogP contribution in [0.4, 0.5) is 10.1 Å². The largest absolute Gasteiger partial charge is 0.316 e. The van der Waals surface area contributed by atoms with Crippen LogP contribution in [0.25, 0.3) is 5.69 Å². The smallest absolute Gasteiger partial charge is 0.148 e. The molecule has 0 radical (unpaired) electrons. The highest BCUT2D eigenvalue weighted by atomic mass is 79.9. The number of halogens is 2. The Balaban J connectivity index is 1.95. The van der Waals surface area contributed by atoms with Crippen LogP contribution in [0.1, 0.15) is 5.69 Å². The molecule has 0 fully saturated rings. The molecule has 0 unspecified atom stereocenters. The third kappa shape index (κ3) is 3.11. The Kier molecular flexibility index (Phi) is 3.97. The van der Waals surface area contributed by atoms with Crippen LogP contribution >= 0.6 is 15.9 Å². The van der Waals surface area contributed by atoms with Crippen molar-refractivity contribution in [2.45, 2.75) is 0 Å². The third-order valence-electron chi connectivity index (χ3n) is 3.06. The Labute approximate surface area is 130 Å². The van der Waals surface area contributed by atoms with Gasteiger partial charge < -0.3 is 4.57 Å². The normalized spacial score (nSPS) is 11.1. The standard InChI is InChI=1S/C17H12BrFN2/c18-13-5-3-6-14(11-13)21-10-4-7-15(21)12-20-17-9-2-1-8-16(17)19/h1-12H. The summed E-state index contributed by atoms with van der Waals surface area (Å²) in [6.45, 7) is 0. The Morgan fingerprint density at radius 2 is 1.86 bits per heavy atom. The van der Waals surface area contributed by atoms with Crippen molar-refractivity contribution in [3.63, 3.8) is 0 Å². The molecule has 1 heterocycles. The van der Waals surface area contributed by atoms with Crippen LogP contribution < -0.4 is 0 Å². The topological polar surface area (TPSA) is 17.3 Å². The van der Waals surface area contributed by atoms with Gasteiger partial charge >= 0.3 is 0 Å². The van der Waals surface area contributed by atoms with Gasteiger partial charge in [0, 0.05) is 16.4 Å². The van der Waals surface area contributed by atoms with Crippen LogP contribution in [-0.2, 0) is 0 Å². The van der Waals surface area contributed by atoms with Crippen LogP contribution in [0.15, 0.2) is 76.3 Å². The molecule has 0 spiro atoms. The lowest BCUT2D eigenvalue weighted by Crippen LogP contribution is -1.97. The molecule has 0 N–H and O–H groups in total. The molecule has 0 bridgehead atoms. The molecule has 2 nitrogen and oxygen atoms in total. The molecule has 2 aromatic carbocycles. The first-order valence-corrected chi connectivity index (χ1v) is 7.25. The molecule has 0 saturated carbocycles. The summed E-state index contributed by atoms with van der Waals surface area (Å²) < 4.78 is 16.6. The maximum absolute atomic E-state index is 13.6. The molecule has 21 heavy (non-hydrogen) atoms. The van der Waals surface area contributed by atoms with Crippen molar-refractivity contribution in [2.75, 3.05) is 0 Å². The second-order valence-corrected chi connectivity index (χ2v) is 5.41. The SMILES string of the molecule is Fc1ccccc1N=Cc1cccn1-c1cccc(Br)c1. The van der Waals surface area contributed by atoms with Crippen LogP contribution in [-0.4, -0.2) is 10.8 Å². The van der Waals surface area contributed by atoms with E-state index in [9.17, 15) is 4.39 Å². The summed E-state index contributed by atoms with van der Waals surface area (Å²) in [6, 6.07) is 18.3. The van der Waals surface area contributed by atoms with Crippen molar-refractivity contribution < 1.29 is 4.39 Å². The molecule has 1 aromatic heterocycles. The van der Waals surface area contributed by atoms with Gasteiger partial charge in [-0.1, -0.05) is 34.1 Å². The van der Waals surface area contributed by atoms with Gasteiger partial charge in [0.15, 0.2) is 0 Å². The molecule has 3 rings (SSSR count). The van der Waals surface area contributed by atoms with Gasteiger partial charge in [0.25, 0.3) is 0 Å². The molecule has 0 atom stereocenters.